The van der Waals surface area contributed by atoms with Gasteiger partial charge >= 0.3 is 0 Å². The van der Waals surface area contributed by atoms with E-state index in [1.807, 2.05) is 47.1 Å². The van der Waals surface area contributed by atoms with Crippen LogP contribution in [0.1, 0.15) is 5.56 Å². The molecule has 100 valence electrons. The largest absolute Gasteiger partial charge is 0.357 e. The molecular weight excluding hydrogens is 268 g/mol. The molecule has 0 aliphatic carbocycles. The molecule has 0 amide bonds. The third-order valence-electron chi connectivity index (χ3n) is 2.97. The Hall–Kier alpha value is -2.40. The van der Waals surface area contributed by atoms with Gasteiger partial charge in [-0.25, -0.2) is 9.66 Å². The molecule has 0 spiro atoms. The summed E-state index contributed by atoms with van der Waals surface area (Å²) in [7, 11) is 0. The van der Waals surface area contributed by atoms with Crippen LogP contribution >= 0.6 is 12.2 Å². The summed E-state index contributed by atoms with van der Waals surface area (Å²) in [5.41, 5.74) is 6.23. The Balaban J connectivity index is 1.64. The number of aromatic nitrogens is 2. The van der Waals surface area contributed by atoms with Crippen LogP contribution < -0.4 is 10.7 Å². The van der Waals surface area contributed by atoms with Gasteiger partial charge in [-0.2, -0.15) is 0 Å². The van der Waals surface area contributed by atoms with Crippen LogP contribution in [-0.4, -0.2) is 14.8 Å². The van der Waals surface area contributed by atoms with Crippen molar-refractivity contribution in [3.8, 4) is 0 Å². The minimum atomic E-state index is 0.567. The molecule has 1 heterocycles. The second-order valence-corrected chi connectivity index (χ2v) is 4.79. The van der Waals surface area contributed by atoms with Crippen molar-refractivity contribution in [2.24, 2.45) is 0 Å². The molecule has 2 N–H and O–H groups in total. The van der Waals surface area contributed by atoms with Crippen LogP contribution in [0.15, 0.2) is 60.9 Å². The van der Waals surface area contributed by atoms with E-state index in [0.717, 1.165) is 11.0 Å². The van der Waals surface area contributed by atoms with Crippen molar-refractivity contribution in [2.45, 2.75) is 6.54 Å². The van der Waals surface area contributed by atoms with Crippen molar-refractivity contribution < 1.29 is 0 Å². The van der Waals surface area contributed by atoms with E-state index < -0.39 is 0 Å². The summed E-state index contributed by atoms with van der Waals surface area (Å²) >= 11 is 5.29. The van der Waals surface area contributed by atoms with Crippen molar-refractivity contribution >= 4 is 28.4 Å². The minimum Gasteiger partial charge on any atom is -0.357 e. The number of imidazole rings is 1. The van der Waals surface area contributed by atoms with Gasteiger partial charge in [0.1, 0.15) is 6.33 Å². The van der Waals surface area contributed by atoms with Crippen LogP contribution in [0.5, 0.6) is 0 Å². The molecule has 2 aromatic carbocycles. The number of benzene rings is 2. The van der Waals surface area contributed by atoms with Crippen molar-refractivity contribution in [2.75, 3.05) is 5.43 Å². The summed E-state index contributed by atoms with van der Waals surface area (Å²) in [5, 5.41) is 3.74. The second kappa shape index (κ2) is 5.71. The third kappa shape index (κ3) is 2.78. The quantitative estimate of drug-likeness (QED) is 0.725. The zero-order chi connectivity index (χ0) is 13.8. The second-order valence-electron chi connectivity index (χ2n) is 4.38. The fraction of sp³-hybridized carbons (Fsp3) is 0.0667. The normalized spacial score (nSPS) is 10.4. The molecule has 0 radical (unpaired) electrons. The first-order valence-corrected chi connectivity index (χ1v) is 6.74. The van der Waals surface area contributed by atoms with E-state index >= 15 is 0 Å². The molecule has 4 nitrogen and oxygen atoms in total. The average molecular weight is 282 g/mol. The fourth-order valence-corrected chi connectivity index (χ4v) is 2.15. The Morgan fingerprint density at radius 3 is 2.65 bits per heavy atom. The molecular formula is C15H14N4S. The molecule has 0 saturated carbocycles. The van der Waals surface area contributed by atoms with Gasteiger partial charge in [0.25, 0.3) is 0 Å². The first kappa shape index (κ1) is 12.6. The van der Waals surface area contributed by atoms with Gasteiger partial charge in [-0.3, -0.25) is 5.43 Å². The predicted molar refractivity (Wildman–Crippen MR) is 85.0 cm³/mol. The van der Waals surface area contributed by atoms with E-state index in [0.29, 0.717) is 11.7 Å². The van der Waals surface area contributed by atoms with E-state index in [1.165, 1.54) is 5.56 Å². The van der Waals surface area contributed by atoms with Gasteiger partial charge in [0.05, 0.1) is 11.0 Å². The zero-order valence-electron chi connectivity index (χ0n) is 10.8. The van der Waals surface area contributed by atoms with Crippen molar-refractivity contribution in [3.63, 3.8) is 0 Å². The van der Waals surface area contributed by atoms with Gasteiger partial charge in [-0.05, 0) is 29.9 Å². The molecule has 0 bridgehead atoms. The third-order valence-corrected chi connectivity index (χ3v) is 3.21. The first-order chi connectivity index (χ1) is 9.83. The van der Waals surface area contributed by atoms with Gasteiger partial charge in [-0.15, -0.1) is 0 Å². The molecule has 3 aromatic rings. The molecule has 3 rings (SSSR count). The molecule has 5 heteroatoms. The van der Waals surface area contributed by atoms with E-state index in [9.17, 15) is 0 Å². The Morgan fingerprint density at radius 1 is 1.05 bits per heavy atom. The van der Waals surface area contributed by atoms with E-state index in [4.69, 9.17) is 12.2 Å². The standard InChI is InChI=1S/C15H14N4S/c20-15(16-10-12-6-2-1-3-7-12)18-19-11-17-13-8-4-5-9-14(13)19/h1-9,11H,10H2,(H2,16,18,20). The molecule has 0 aliphatic rings. The molecule has 0 aliphatic heterocycles. The smallest absolute Gasteiger partial charge is 0.185 e. The summed E-state index contributed by atoms with van der Waals surface area (Å²) in [6.45, 7) is 0.694. The first-order valence-electron chi connectivity index (χ1n) is 6.34. The molecule has 0 atom stereocenters. The minimum absolute atomic E-state index is 0.567. The van der Waals surface area contributed by atoms with Gasteiger partial charge in [0, 0.05) is 6.54 Å². The number of para-hydroxylation sites is 2. The van der Waals surface area contributed by atoms with Crippen molar-refractivity contribution in [1.82, 2.24) is 15.0 Å². The summed E-state index contributed by atoms with van der Waals surface area (Å²) in [6, 6.07) is 18.0. The Bertz CT molecular complexity index is 721. The van der Waals surface area contributed by atoms with Gasteiger partial charge < -0.3 is 5.32 Å². The van der Waals surface area contributed by atoms with Crippen molar-refractivity contribution in [1.29, 1.82) is 0 Å². The topological polar surface area (TPSA) is 41.9 Å². The van der Waals surface area contributed by atoms with Crippen LogP contribution in [0.25, 0.3) is 11.0 Å². The number of nitrogens with one attached hydrogen (secondary N) is 2. The van der Waals surface area contributed by atoms with E-state index in [-0.39, 0.29) is 0 Å². The summed E-state index contributed by atoms with van der Waals surface area (Å²) in [6.07, 6.45) is 1.72. The summed E-state index contributed by atoms with van der Waals surface area (Å²) < 4.78 is 1.82. The van der Waals surface area contributed by atoms with Crippen LogP contribution in [0.4, 0.5) is 0 Å². The van der Waals surface area contributed by atoms with Gasteiger partial charge in [0.2, 0.25) is 0 Å². The number of hydrogen-bond donors (Lipinski definition) is 2. The maximum absolute atomic E-state index is 5.29. The highest BCUT2D eigenvalue weighted by Gasteiger charge is 2.02. The summed E-state index contributed by atoms with van der Waals surface area (Å²) in [4.78, 5) is 4.30. The van der Waals surface area contributed by atoms with Crippen LogP contribution in [0.2, 0.25) is 0 Å². The fourth-order valence-electron chi connectivity index (χ4n) is 1.98. The lowest BCUT2D eigenvalue weighted by Crippen LogP contribution is -2.33. The maximum Gasteiger partial charge on any atom is 0.185 e. The van der Waals surface area contributed by atoms with Crippen LogP contribution in [-0.2, 0) is 6.54 Å². The Morgan fingerprint density at radius 2 is 1.80 bits per heavy atom. The van der Waals surface area contributed by atoms with Gasteiger partial charge in [-0.1, -0.05) is 42.5 Å². The number of rotatable bonds is 3. The Labute approximate surface area is 122 Å². The van der Waals surface area contributed by atoms with E-state index in [1.54, 1.807) is 6.33 Å². The van der Waals surface area contributed by atoms with Crippen LogP contribution in [0, 0.1) is 0 Å². The maximum atomic E-state index is 5.29. The lowest BCUT2D eigenvalue weighted by atomic mass is 10.2. The van der Waals surface area contributed by atoms with Crippen molar-refractivity contribution in [3.05, 3.63) is 66.5 Å². The molecule has 0 fully saturated rings. The lowest BCUT2D eigenvalue weighted by molar-refractivity contribution is 0.894. The zero-order valence-corrected chi connectivity index (χ0v) is 11.6. The summed E-state index contributed by atoms with van der Waals surface area (Å²) in [5.74, 6) is 0. The molecule has 1 aromatic heterocycles. The van der Waals surface area contributed by atoms with E-state index in [2.05, 4.69) is 27.9 Å². The lowest BCUT2D eigenvalue weighted by Gasteiger charge is -2.11. The molecule has 20 heavy (non-hydrogen) atoms. The highest BCUT2D eigenvalue weighted by atomic mass is 32.1. The predicted octanol–water partition coefficient (Wildman–Crippen LogP) is 2.65. The monoisotopic (exact) mass is 282 g/mol. The van der Waals surface area contributed by atoms with Crippen LogP contribution in [0.3, 0.4) is 0 Å². The highest BCUT2D eigenvalue weighted by molar-refractivity contribution is 7.80. The average Bonchev–Trinajstić information content (AvgIpc) is 2.90. The number of thiocarbonyl (C=S) groups is 1. The number of fused-ring (bicyclic) bond motifs is 1. The van der Waals surface area contributed by atoms with Gasteiger partial charge in [0.15, 0.2) is 5.11 Å². The highest BCUT2D eigenvalue weighted by Crippen LogP contribution is 2.09. The number of hydrogen-bond acceptors (Lipinski definition) is 2. The molecule has 0 saturated heterocycles. The Kier molecular flexibility index (Phi) is 3.60. The number of nitrogens with zero attached hydrogens (tertiary/aromatic N) is 2. The molecule has 0 unspecified atom stereocenters. The SMILES string of the molecule is S=C(NCc1ccccc1)Nn1cnc2ccccc21.